The monoisotopic (exact) mass is 324 g/mol. The normalized spacial score (nSPS) is 18.6. The van der Waals surface area contributed by atoms with Crippen molar-refractivity contribution in [3.05, 3.63) is 35.4 Å². The zero-order valence-electron chi connectivity index (χ0n) is 14.9. The molecule has 2 aromatic rings. The van der Waals surface area contributed by atoms with Crippen LogP contribution in [0.4, 0.5) is 0 Å². The van der Waals surface area contributed by atoms with E-state index < -0.39 is 18.3 Å². The molecule has 0 radical (unpaired) electrons. The Labute approximate surface area is 142 Å². The largest absolute Gasteiger partial charge is 0.498 e. The second kappa shape index (κ2) is 5.44. The Morgan fingerprint density at radius 1 is 1.12 bits per heavy atom. The lowest BCUT2D eigenvalue weighted by Crippen LogP contribution is -2.41. The van der Waals surface area contributed by atoms with Crippen molar-refractivity contribution in [2.24, 2.45) is 0 Å². The van der Waals surface area contributed by atoms with Crippen LogP contribution in [0.1, 0.15) is 44.6 Å². The maximum Gasteiger partial charge on any atom is 0.498 e. The molecule has 0 bridgehead atoms. The van der Waals surface area contributed by atoms with Gasteiger partial charge >= 0.3 is 7.12 Å². The van der Waals surface area contributed by atoms with Gasteiger partial charge in [-0.15, -0.1) is 0 Å². The fourth-order valence-electron chi connectivity index (χ4n) is 2.81. The standard InChI is InChI=1S/C17H21BN4O2/c1-11-15(18-23-16(3,4)17(5,6)24-18)12(2)22(21-11)14-7-13(8-19)9-20-10-14/h7,9-10H,1-6H3. The molecule has 1 aliphatic rings. The highest BCUT2D eigenvalue weighted by Crippen LogP contribution is 2.37. The van der Waals surface area contributed by atoms with Crippen molar-refractivity contribution in [1.82, 2.24) is 14.8 Å². The second-order valence-electron chi connectivity index (χ2n) is 7.13. The van der Waals surface area contributed by atoms with Crippen molar-refractivity contribution in [3.8, 4) is 11.8 Å². The van der Waals surface area contributed by atoms with Gasteiger partial charge in [-0.1, -0.05) is 0 Å². The second-order valence-corrected chi connectivity index (χ2v) is 7.13. The maximum atomic E-state index is 9.07. The van der Waals surface area contributed by atoms with E-state index in [0.29, 0.717) is 5.56 Å². The summed E-state index contributed by atoms with van der Waals surface area (Å²) in [6.45, 7) is 12.0. The molecule has 124 valence electrons. The molecule has 1 fully saturated rings. The number of hydrogen-bond acceptors (Lipinski definition) is 5. The van der Waals surface area contributed by atoms with Gasteiger partial charge in [0.05, 0.1) is 34.3 Å². The van der Waals surface area contributed by atoms with Crippen LogP contribution in [-0.2, 0) is 9.31 Å². The number of rotatable bonds is 2. The lowest BCUT2D eigenvalue weighted by atomic mass is 9.77. The molecule has 0 unspecified atom stereocenters. The minimum Gasteiger partial charge on any atom is -0.399 e. The van der Waals surface area contributed by atoms with Gasteiger partial charge in [-0.25, -0.2) is 4.68 Å². The van der Waals surface area contributed by atoms with Crippen molar-refractivity contribution in [1.29, 1.82) is 5.26 Å². The zero-order chi connectivity index (χ0) is 17.7. The van der Waals surface area contributed by atoms with E-state index in [0.717, 1.165) is 22.5 Å². The van der Waals surface area contributed by atoms with E-state index in [4.69, 9.17) is 14.6 Å². The Morgan fingerprint density at radius 3 is 2.33 bits per heavy atom. The highest BCUT2D eigenvalue weighted by molar-refractivity contribution is 6.63. The predicted molar refractivity (Wildman–Crippen MR) is 91.3 cm³/mol. The van der Waals surface area contributed by atoms with Crippen molar-refractivity contribution in [2.75, 3.05) is 0 Å². The summed E-state index contributed by atoms with van der Waals surface area (Å²) in [5.41, 5.74) is 3.13. The first-order chi connectivity index (χ1) is 11.2. The van der Waals surface area contributed by atoms with E-state index in [1.165, 1.54) is 6.20 Å². The Kier molecular flexibility index (Phi) is 3.78. The molecule has 0 aliphatic carbocycles. The number of aromatic nitrogens is 3. The molecule has 0 atom stereocenters. The Balaban J connectivity index is 2.04. The van der Waals surface area contributed by atoms with Gasteiger partial charge < -0.3 is 9.31 Å². The molecule has 0 saturated carbocycles. The fraction of sp³-hybridized carbons (Fsp3) is 0.471. The molecule has 1 saturated heterocycles. The SMILES string of the molecule is Cc1nn(-c2cncc(C#N)c2)c(C)c1B1OC(C)(C)C(C)(C)O1. The number of hydrogen-bond donors (Lipinski definition) is 0. The van der Waals surface area contributed by atoms with Crippen LogP contribution in [0.15, 0.2) is 18.5 Å². The van der Waals surface area contributed by atoms with E-state index in [-0.39, 0.29) is 0 Å². The zero-order valence-corrected chi connectivity index (χ0v) is 14.9. The third-order valence-electron chi connectivity index (χ3n) is 4.93. The summed E-state index contributed by atoms with van der Waals surface area (Å²) in [5.74, 6) is 0. The Morgan fingerprint density at radius 2 is 1.75 bits per heavy atom. The first kappa shape index (κ1) is 16.7. The predicted octanol–water partition coefficient (Wildman–Crippen LogP) is 2.06. The molecular formula is C17H21BN4O2. The molecule has 24 heavy (non-hydrogen) atoms. The summed E-state index contributed by atoms with van der Waals surface area (Å²) in [6.07, 6.45) is 3.22. The van der Waals surface area contributed by atoms with Gasteiger partial charge in [0.25, 0.3) is 0 Å². The average molecular weight is 324 g/mol. The molecule has 0 N–H and O–H groups in total. The first-order valence-corrected chi connectivity index (χ1v) is 7.93. The highest BCUT2D eigenvalue weighted by atomic mass is 16.7. The van der Waals surface area contributed by atoms with Crippen LogP contribution in [0.25, 0.3) is 5.69 Å². The smallest absolute Gasteiger partial charge is 0.399 e. The van der Waals surface area contributed by atoms with Crippen LogP contribution in [0.5, 0.6) is 0 Å². The van der Waals surface area contributed by atoms with Crippen LogP contribution < -0.4 is 5.46 Å². The Hall–Kier alpha value is -2.17. The van der Waals surface area contributed by atoms with Gasteiger partial charge in [-0.3, -0.25) is 4.98 Å². The Bertz CT molecular complexity index is 820. The molecule has 0 aromatic carbocycles. The topological polar surface area (TPSA) is 73.0 Å². The molecule has 1 aliphatic heterocycles. The van der Waals surface area contributed by atoms with Gasteiger partial charge in [0.15, 0.2) is 0 Å². The molecule has 7 heteroatoms. The summed E-state index contributed by atoms with van der Waals surface area (Å²) >= 11 is 0. The van der Waals surface area contributed by atoms with Crippen LogP contribution in [0, 0.1) is 25.2 Å². The highest BCUT2D eigenvalue weighted by Gasteiger charge is 2.53. The maximum absolute atomic E-state index is 9.07. The molecular weight excluding hydrogens is 303 g/mol. The molecule has 0 amide bonds. The van der Waals surface area contributed by atoms with Crippen molar-refractivity contribution in [3.63, 3.8) is 0 Å². The first-order valence-electron chi connectivity index (χ1n) is 7.93. The van der Waals surface area contributed by atoms with Crippen LogP contribution >= 0.6 is 0 Å². The van der Waals surface area contributed by atoms with E-state index in [2.05, 4.69) is 16.2 Å². The number of nitriles is 1. The summed E-state index contributed by atoms with van der Waals surface area (Å²) in [4.78, 5) is 4.11. The van der Waals surface area contributed by atoms with Crippen LogP contribution in [0.2, 0.25) is 0 Å². The number of pyridine rings is 1. The van der Waals surface area contributed by atoms with Gasteiger partial charge in [0.2, 0.25) is 0 Å². The van der Waals surface area contributed by atoms with Gasteiger partial charge in [0, 0.05) is 17.4 Å². The molecule has 3 heterocycles. The number of nitrogens with zero attached hydrogens (tertiary/aromatic N) is 4. The molecule has 0 spiro atoms. The molecule has 2 aromatic heterocycles. The quantitative estimate of drug-likeness (QED) is 0.791. The third-order valence-corrected chi connectivity index (χ3v) is 4.93. The van der Waals surface area contributed by atoms with Crippen molar-refractivity contribution in [2.45, 2.75) is 52.7 Å². The minimum absolute atomic E-state index is 0.402. The van der Waals surface area contributed by atoms with E-state index >= 15 is 0 Å². The van der Waals surface area contributed by atoms with Crippen molar-refractivity contribution >= 4 is 12.6 Å². The summed E-state index contributed by atoms with van der Waals surface area (Å²) < 4.78 is 14.1. The fourth-order valence-corrected chi connectivity index (χ4v) is 2.81. The van der Waals surface area contributed by atoms with E-state index in [9.17, 15) is 0 Å². The van der Waals surface area contributed by atoms with Crippen LogP contribution in [-0.4, -0.2) is 33.1 Å². The number of aryl methyl sites for hydroxylation is 1. The van der Waals surface area contributed by atoms with Crippen LogP contribution in [0.3, 0.4) is 0 Å². The van der Waals surface area contributed by atoms with Gasteiger partial charge in [-0.05, 0) is 47.6 Å². The lowest BCUT2D eigenvalue weighted by Gasteiger charge is -2.32. The average Bonchev–Trinajstić information content (AvgIpc) is 2.91. The van der Waals surface area contributed by atoms with Gasteiger partial charge in [-0.2, -0.15) is 10.4 Å². The van der Waals surface area contributed by atoms with E-state index in [1.807, 2.05) is 41.5 Å². The minimum atomic E-state index is -0.462. The van der Waals surface area contributed by atoms with Crippen molar-refractivity contribution < 1.29 is 9.31 Å². The van der Waals surface area contributed by atoms with E-state index in [1.54, 1.807) is 16.9 Å². The molecule has 6 nitrogen and oxygen atoms in total. The molecule has 3 rings (SSSR count). The summed E-state index contributed by atoms with van der Waals surface area (Å²) in [5, 5.41) is 13.7. The summed E-state index contributed by atoms with van der Waals surface area (Å²) in [7, 11) is -0.462. The third kappa shape index (κ3) is 2.52. The van der Waals surface area contributed by atoms with Gasteiger partial charge in [0.1, 0.15) is 6.07 Å². The lowest BCUT2D eigenvalue weighted by molar-refractivity contribution is 0.00578. The summed E-state index contributed by atoms with van der Waals surface area (Å²) in [6, 6.07) is 3.87.